The van der Waals surface area contributed by atoms with Crippen molar-refractivity contribution >= 4 is 5.95 Å². The molecule has 2 aromatic rings. The number of nitrogen functional groups attached to an aromatic ring is 1. The molecular formula is C7H7N3O. The zero-order chi connectivity index (χ0) is 7.68. The molecule has 0 saturated carbocycles. The number of nitrogens with two attached hydrogens (primary N) is 1. The third-order valence-corrected chi connectivity index (χ3v) is 1.38. The van der Waals surface area contributed by atoms with E-state index in [0.29, 0.717) is 5.95 Å². The Bertz CT molecular complexity index is 336. The lowest BCUT2D eigenvalue weighted by molar-refractivity contribution is 0.580. The molecule has 0 radical (unpaired) electrons. The molecule has 0 aromatic carbocycles. The van der Waals surface area contributed by atoms with Gasteiger partial charge in [-0.3, -0.25) is 0 Å². The van der Waals surface area contributed by atoms with Crippen LogP contribution < -0.4 is 5.73 Å². The Balaban J connectivity index is 2.45. The fourth-order valence-electron chi connectivity index (χ4n) is 0.894. The van der Waals surface area contributed by atoms with Crippen LogP contribution in [0.4, 0.5) is 5.95 Å². The summed E-state index contributed by atoms with van der Waals surface area (Å²) >= 11 is 0. The number of furan rings is 1. The van der Waals surface area contributed by atoms with Gasteiger partial charge in [0.2, 0.25) is 0 Å². The number of H-pyrrole nitrogens is 1. The third kappa shape index (κ3) is 0.980. The molecule has 0 saturated heterocycles. The number of anilines is 1. The molecule has 0 aliphatic carbocycles. The van der Waals surface area contributed by atoms with Crippen molar-refractivity contribution in [2.24, 2.45) is 0 Å². The van der Waals surface area contributed by atoms with Gasteiger partial charge in [0.1, 0.15) is 5.69 Å². The van der Waals surface area contributed by atoms with Gasteiger partial charge in [0, 0.05) is 0 Å². The predicted molar refractivity (Wildman–Crippen MR) is 40.7 cm³/mol. The van der Waals surface area contributed by atoms with E-state index in [1.807, 2.05) is 12.1 Å². The lowest BCUT2D eigenvalue weighted by atomic mass is 10.4. The van der Waals surface area contributed by atoms with Crippen molar-refractivity contribution in [1.82, 2.24) is 9.97 Å². The minimum Gasteiger partial charge on any atom is -0.463 e. The number of aromatic nitrogens is 2. The highest BCUT2D eigenvalue weighted by Crippen LogP contribution is 2.16. The Morgan fingerprint density at radius 3 is 3.00 bits per heavy atom. The molecule has 0 aliphatic rings. The molecular weight excluding hydrogens is 142 g/mol. The monoisotopic (exact) mass is 149 g/mol. The number of aromatic amines is 1. The number of nitrogens with one attached hydrogen (secondary N) is 1. The summed E-state index contributed by atoms with van der Waals surface area (Å²) in [6, 6.07) is 3.65. The standard InChI is InChI=1S/C7H7N3O/c8-7-9-4-5(10-7)6-2-1-3-11-6/h1-4H,(H3,8,9,10). The summed E-state index contributed by atoms with van der Waals surface area (Å²) < 4.78 is 5.11. The van der Waals surface area contributed by atoms with E-state index in [1.54, 1.807) is 12.5 Å². The van der Waals surface area contributed by atoms with Crippen molar-refractivity contribution in [3.05, 3.63) is 24.6 Å². The smallest absolute Gasteiger partial charge is 0.197 e. The molecule has 11 heavy (non-hydrogen) atoms. The maximum atomic E-state index is 5.38. The van der Waals surface area contributed by atoms with Crippen molar-refractivity contribution in [1.29, 1.82) is 0 Å². The van der Waals surface area contributed by atoms with E-state index in [4.69, 9.17) is 10.2 Å². The number of hydrogen-bond acceptors (Lipinski definition) is 3. The highest BCUT2D eigenvalue weighted by Gasteiger charge is 2.01. The Labute approximate surface area is 63.1 Å². The highest BCUT2D eigenvalue weighted by molar-refractivity contribution is 5.52. The molecule has 0 spiro atoms. The second kappa shape index (κ2) is 2.16. The molecule has 0 atom stereocenters. The summed E-state index contributed by atoms with van der Waals surface area (Å²) in [5.74, 6) is 1.14. The van der Waals surface area contributed by atoms with Crippen LogP contribution in [0.25, 0.3) is 11.5 Å². The van der Waals surface area contributed by atoms with E-state index in [2.05, 4.69) is 9.97 Å². The van der Waals surface area contributed by atoms with Gasteiger partial charge in [0.05, 0.1) is 12.5 Å². The van der Waals surface area contributed by atoms with Gasteiger partial charge < -0.3 is 15.1 Å². The Kier molecular flexibility index (Phi) is 1.18. The van der Waals surface area contributed by atoms with E-state index < -0.39 is 0 Å². The van der Waals surface area contributed by atoms with Gasteiger partial charge in [-0.25, -0.2) is 4.98 Å². The summed E-state index contributed by atoms with van der Waals surface area (Å²) in [7, 11) is 0. The summed E-state index contributed by atoms with van der Waals surface area (Å²) in [4.78, 5) is 6.69. The molecule has 4 heteroatoms. The first-order chi connectivity index (χ1) is 5.36. The molecule has 56 valence electrons. The van der Waals surface area contributed by atoms with Crippen molar-refractivity contribution in [3.63, 3.8) is 0 Å². The first-order valence-electron chi connectivity index (χ1n) is 3.20. The van der Waals surface area contributed by atoms with Crippen LogP contribution in [0.5, 0.6) is 0 Å². The predicted octanol–water partition coefficient (Wildman–Crippen LogP) is 1.25. The lowest BCUT2D eigenvalue weighted by Crippen LogP contribution is -1.84. The van der Waals surface area contributed by atoms with Gasteiger partial charge in [-0.05, 0) is 12.1 Å². The summed E-state index contributed by atoms with van der Waals surface area (Å²) in [5.41, 5.74) is 6.17. The van der Waals surface area contributed by atoms with Gasteiger partial charge in [-0.15, -0.1) is 0 Å². The highest BCUT2D eigenvalue weighted by atomic mass is 16.3. The molecule has 2 aromatic heterocycles. The van der Waals surface area contributed by atoms with Crippen LogP contribution in [-0.4, -0.2) is 9.97 Å². The van der Waals surface area contributed by atoms with Crippen LogP contribution in [0, 0.1) is 0 Å². The van der Waals surface area contributed by atoms with Gasteiger partial charge in [-0.2, -0.15) is 0 Å². The molecule has 2 heterocycles. The molecule has 0 amide bonds. The summed E-state index contributed by atoms with van der Waals surface area (Å²) in [6.07, 6.45) is 3.24. The SMILES string of the molecule is Nc1ncc(-c2ccco2)[nH]1. The third-order valence-electron chi connectivity index (χ3n) is 1.38. The largest absolute Gasteiger partial charge is 0.463 e. The number of nitrogens with zero attached hydrogens (tertiary/aromatic N) is 1. The maximum Gasteiger partial charge on any atom is 0.197 e. The second-order valence-corrected chi connectivity index (χ2v) is 2.16. The number of imidazole rings is 1. The molecule has 0 aliphatic heterocycles. The van der Waals surface area contributed by atoms with Gasteiger partial charge in [0.25, 0.3) is 0 Å². The van der Waals surface area contributed by atoms with E-state index in [1.165, 1.54) is 0 Å². The van der Waals surface area contributed by atoms with Crippen LogP contribution in [0.2, 0.25) is 0 Å². The zero-order valence-electron chi connectivity index (χ0n) is 5.74. The van der Waals surface area contributed by atoms with Crippen LogP contribution >= 0.6 is 0 Å². The minimum atomic E-state index is 0.399. The van der Waals surface area contributed by atoms with E-state index in [9.17, 15) is 0 Å². The first kappa shape index (κ1) is 6.03. The summed E-state index contributed by atoms with van der Waals surface area (Å²) in [5, 5.41) is 0. The second-order valence-electron chi connectivity index (χ2n) is 2.16. The Morgan fingerprint density at radius 1 is 1.55 bits per heavy atom. The molecule has 0 bridgehead atoms. The molecule has 0 fully saturated rings. The summed E-state index contributed by atoms with van der Waals surface area (Å²) in [6.45, 7) is 0. The number of hydrogen-bond donors (Lipinski definition) is 2. The van der Waals surface area contributed by atoms with Gasteiger partial charge in [-0.1, -0.05) is 0 Å². The fourth-order valence-corrected chi connectivity index (χ4v) is 0.894. The topological polar surface area (TPSA) is 67.8 Å². The van der Waals surface area contributed by atoms with Crippen LogP contribution in [-0.2, 0) is 0 Å². The van der Waals surface area contributed by atoms with Gasteiger partial charge in [0.15, 0.2) is 11.7 Å². The van der Waals surface area contributed by atoms with E-state index >= 15 is 0 Å². The van der Waals surface area contributed by atoms with E-state index in [0.717, 1.165) is 11.5 Å². The first-order valence-corrected chi connectivity index (χ1v) is 3.20. The van der Waals surface area contributed by atoms with Crippen molar-refractivity contribution in [2.45, 2.75) is 0 Å². The average molecular weight is 149 g/mol. The van der Waals surface area contributed by atoms with E-state index in [-0.39, 0.29) is 0 Å². The lowest BCUT2D eigenvalue weighted by Gasteiger charge is -1.86. The Hall–Kier alpha value is -1.71. The maximum absolute atomic E-state index is 5.38. The van der Waals surface area contributed by atoms with Crippen LogP contribution in [0.15, 0.2) is 29.0 Å². The van der Waals surface area contributed by atoms with Crippen LogP contribution in [0.3, 0.4) is 0 Å². The molecule has 3 N–H and O–H groups in total. The van der Waals surface area contributed by atoms with Crippen molar-refractivity contribution in [3.8, 4) is 11.5 Å². The minimum absolute atomic E-state index is 0.399. The quantitative estimate of drug-likeness (QED) is 0.641. The number of rotatable bonds is 1. The Morgan fingerprint density at radius 2 is 2.45 bits per heavy atom. The fraction of sp³-hybridized carbons (Fsp3) is 0. The van der Waals surface area contributed by atoms with Gasteiger partial charge >= 0.3 is 0 Å². The van der Waals surface area contributed by atoms with Crippen molar-refractivity contribution in [2.75, 3.05) is 5.73 Å². The average Bonchev–Trinajstić information content (AvgIpc) is 2.55. The molecule has 4 nitrogen and oxygen atoms in total. The zero-order valence-corrected chi connectivity index (χ0v) is 5.74. The van der Waals surface area contributed by atoms with Crippen LogP contribution in [0.1, 0.15) is 0 Å². The normalized spacial score (nSPS) is 10.2. The molecule has 2 rings (SSSR count). The van der Waals surface area contributed by atoms with Crippen molar-refractivity contribution < 1.29 is 4.42 Å². The molecule has 0 unspecified atom stereocenters.